The SMILES string of the molecule is O=C(OCC1CC[C@@H](I)O1)c1ccccc1. The lowest BCUT2D eigenvalue weighted by Gasteiger charge is -2.10. The Bertz CT molecular complexity index is 353. The summed E-state index contributed by atoms with van der Waals surface area (Å²) in [6, 6.07) is 9.02. The summed E-state index contributed by atoms with van der Waals surface area (Å²) in [5, 5.41) is 0. The van der Waals surface area contributed by atoms with Crippen LogP contribution in [0.25, 0.3) is 0 Å². The lowest BCUT2D eigenvalue weighted by Crippen LogP contribution is -2.18. The number of halogens is 1. The van der Waals surface area contributed by atoms with Gasteiger partial charge in [-0.15, -0.1) is 0 Å². The lowest BCUT2D eigenvalue weighted by molar-refractivity contribution is 0.0133. The first-order chi connectivity index (χ1) is 7.75. The Morgan fingerprint density at radius 1 is 1.38 bits per heavy atom. The number of carbonyl (C=O) groups excluding carboxylic acids is 1. The second-order valence-corrected chi connectivity index (χ2v) is 5.10. The van der Waals surface area contributed by atoms with Crippen molar-refractivity contribution in [1.82, 2.24) is 0 Å². The maximum Gasteiger partial charge on any atom is 0.338 e. The molecule has 86 valence electrons. The zero-order chi connectivity index (χ0) is 11.4. The fourth-order valence-electron chi connectivity index (χ4n) is 1.61. The van der Waals surface area contributed by atoms with E-state index in [9.17, 15) is 4.79 Å². The van der Waals surface area contributed by atoms with Gasteiger partial charge in [0, 0.05) is 0 Å². The minimum absolute atomic E-state index is 0.0644. The first-order valence-electron chi connectivity index (χ1n) is 5.27. The van der Waals surface area contributed by atoms with Crippen LogP contribution in [-0.4, -0.2) is 22.8 Å². The number of carbonyl (C=O) groups is 1. The largest absolute Gasteiger partial charge is 0.459 e. The van der Waals surface area contributed by atoms with Crippen molar-refractivity contribution in [3.8, 4) is 0 Å². The molecule has 2 rings (SSSR count). The topological polar surface area (TPSA) is 35.5 Å². The van der Waals surface area contributed by atoms with E-state index in [1.807, 2.05) is 18.2 Å². The summed E-state index contributed by atoms with van der Waals surface area (Å²) in [5.74, 6) is -0.277. The van der Waals surface area contributed by atoms with E-state index in [0.717, 1.165) is 12.8 Å². The predicted molar refractivity (Wildman–Crippen MR) is 68.6 cm³/mol. The summed E-state index contributed by atoms with van der Waals surface area (Å²) in [4.78, 5) is 11.6. The Morgan fingerprint density at radius 2 is 2.12 bits per heavy atom. The van der Waals surface area contributed by atoms with Gasteiger partial charge in [0.15, 0.2) is 0 Å². The molecule has 1 aromatic carbocycles. The van der Waals surface area contributed by atoms with Crippen LogP contribution in [0.2, 0.25) is 0 Å². The van der Waals surface area contributed by atoms with Crippen molar-refractivity contribution in [2.45, 2.75) is 23.1 Å². The van der Waals surface area contributed by atoms with Crippen molar-refractivity contribution >= 4 is 28.6 Å². The van der Waals surface area contributed by atoms with E-state index in [2.05, 4.69) is 22.6 Å². The molecule has 3 nitrogen and oxygen atoms in total. The van der Waals surface area contributed by atoms with Crippen LogP contribution in [0.5, 0.6) is 0 Å². The molecule has 1 aromatic rings. The van der Waals surface area contributed by atoms with Gasteiger partial charge in [-0.1, -0.05) is 40.8 Å². The zero-order valence-electron chi connectivity index (χ0n) is 8.77. The Kier molecular flexibility index (Phi) is 4.17. The van der Waals surface area contributed by atoms with Crippen molar-refractivity contribution in [3.63, 3.8) is 0 Å². The Morgan fingerprint density at radius 3 is 2.75 bits per heavy atom. The number of hydrogen-bond donors (Lipinski definition) is 0. The third kappa shape index (κ3) is 3.18. The molecule has 1 aliphatic heterocycles. The van der Waals surface area contributed by atoms with Gasteiger partial charge in [0.25, 0.3) is 0 Å². The lowest BCUT2D eigenvalue weighted by atomic mass is 10.2. The number of benzene rings is 1. The highest BCUT2D eigenvalue weighted by molar-refractivity contribution is 14.1. The monoisotopic (exact) mass is 332 g/mol. The number of rotatable bonds is 3. The van der Waals surface area contributed by atoms with E-state index in [-0.39, 0.29) is 16.2 Å². The molecule has 1 saturated heterocycles. The van der Waals surface area contributed by atoms with Gasteiger partial charge in [-0.3, -0.25) is 0 Å². The first kappa shape index (κ1) is 11.9. The summed E-state index contributed by atoms with van der Waals surface area (Å²) in [6.45, 7) is 0.354. The van der Waals surface area contributed by atoms with Gasteiger partial charge in [0.05, 0.1) is 11.7 Å². The van der Waals surface area contributed by atoms with Gasteiger partial charge in [-0.2, -0.15) is 0 Å². The van der Waals surface area contributed by atoms with Crippen LogP contribution >= 0.6 is 22.6 Å². The van der Waals surface area contributed by atoms with Crippen LogP contribution in [0.4, 0.5) is 0 Å². The normalized spacial score (nSPS) is 24.3. The highest BCUT2D eigenvalue weighted by Crippen LogP contribution is 2.24. The second-order valence-electron chi connectivity index (χ2n) is 3.71. The fraction of sp³-hybridized carbons (Fsp3) is 0.417. The average Bonchev–Trinajstić information content (AvgIpc) is 2.73. The molecule has 4 heteroatoms. The predicted octanol–water partition coefficient (Wildman–Crippen LogP) is 2.78. The molecule has 16 heavy (non-hydrogen) atoms. The van der Waals surface area contributed by atoms with Crippen LogP contribution in [0, 0.1) is 0 Å². The fourth-order valence-corrected chi connectivity index (χ4v) is 2.39. The van der Waals surface area contributed by atoms with Crippen molar-refractivity contribution in [2.24, 2.45) is 0 Å². The molecule has 1 heterocycles. The summed E-state index contributed by atoms with van der Waals surface area (Å²) >= 11 is 2.25. The molecular formula is C12H13IO3. The summed E-state index contributed by atoms with van der Waals surface area (Å²) in [5.41, 5.74) is 0.589. The maximum atomic E-state index is 11.6. The highest BCUT2D eigenvalue weighted by atomic mass is 127. The van der Waals surface area contributed by atoms with Crippen molar-refractivity contribution < 1.29 is 14.3 Å². The van der Waals surface area contributed by atoms with E-state index in [0.29, 0.717) is 12.2 Å². The van der Waals surface area contributed by atoms with Gasteiger partial charge in [-0.25, -0.2) is 4.79 Å². The summed E-state index contributed by atoms with van der Waals surface area (Å²) in [6.07, 6.45) is 2.07. The highest BCUT2D eigenvalue weighted by Gasteiger charge is 2.24. The third-order valence-corrected chi connectivity index (χ3v) is 3.38. The van der Waals surface area contributed by atoms with E-state index in [1.54, 1.807) is 12.1 Å². The molecule has 0 radical (unpaired) electrons. The number of hydrogen-bond acceptors (Lipinski definition) is 3. The Labute approximate surface area is 108 Å². The van der Waals surface area contributed by atoms with Crippen molar-refractivity contribution in [2.75, 3.05) is 6.61 Å². The molecular weight excluding hydrogens is 319 g/mol. The minimum Gasteiger partial charge on any atom is -0.459 e. The van der Waals surface area contributed by atoms with Crippen LogP contribution in [0.3, 0.4) is 0 Å². The summed E-state index contributed by atoms with van der Waals surface area (Å²) < 4.78 is 11.0. The van der Waals surface area contributed by atoms with E-state index < -0.39 is 0 Å². The van der Waals surface area contributed by atoms with Gasteiger partial charge >= 0.3 is 5.97 Å². The van der Waals surface area contributed by atoms with Gasteiger partial charge in [0.2, 0.25) is 0 Å². The number of alkyl halides is 1. The van der Waals surface area contributed by atoms with Crippen LogP contribution in [0.1, 0.15) is 23.2 Å². The maximum absolute atomic E-state index is 11.6. The average molecular weight is 332 g/mol. The van der Waals surface area contributed by atoms with Gasteiger partial charge < -0.3 is 9.47 Å². The van der Waals surface area contributed by atoms with E-state index in [1.165, 1.54) is 0 Å². The van der Waals surface area contributed by atoms with E-state index in [4.69, 9.17) is 9.47 Å². The molecule has 1 fully saturated rings. The van der Waals surface area contributed by atoms with Crippen LogP contribution in [-0.2, 0) is 9.47 Å². The molecule has 0 aliphatic carbocycles. The number of ether oxygens (including phenoxy) is 2. The zero-order valence-corrected chi connectivity index (χ0v) is 10.9. The van der Waals surface area contributed by atoms with E-state index >= 15 is 0 Å². The van der Waals surface area contributed by atoms with Crippen molar-refractivity contribution in [1.29, 1.82) is 0 Å². The quantitative estimate of drug-likeness (QED) is 0.485. The van der Waals surface area contributed by atoms with Crippen LogP contribution in [0.15, 0.2) is 30.3 Å². The summed E-state index contributed by atoms with van der Waals surface area (Å²) in [7, 11) is 0. The van der Waals surface area contributed by atoms with Crippen LogP contribution < -0.4 is 0 Å². The van der Waals surface area contributed by atoms with Gasteiger partial charge in [-0.05, 0) is 25.0 Å². The molecule has 0 bridgehead atoms. The molecule has 1 unspecified atom stereocenters. The molecule has 0 N–H and O–H groups in total. The Balaban J connectivity index is 1.80. The standard InChI is InChI=1S/C12H13IO3/c13-11-7-6-10(16-11)8-15-12(14)9-4-2-1-3-5-9/h1-5,10-11H,6-8H2/t10?,11-/m0/s1. The Hall–Kier alpha value is -0.620. The molecule has 2 atom stereocenters. The third-order valence-electron chi connectivity index (χ3n) is 2.47. The molecule has 0 spiro atoms. The smallest absolute Gasteiger partial charge is 0.338 e. The number of esters is 1. The van der Waals surface area contributed by atoms with Gasteiger partial charge in [0.1, 0.15) is 10.7 Å². The first-order valence-corrected chi connectivity index (χ1v) is 6.52. The molecule has 1 aliphatic rings. The molecule has 0 aromatic heterocycles. The molecule has 0 saturated carbocycles. The second kappa shape index (κ2) is 5.63. The molecule has 0 amide bonds. The minimum atomic E-state index is -0.277. The van der Waals surface area contributed by atoms with Crippen molar-refractivity contribution in [3.05, 3.63) is 35.9 Å².